The van der Waals surface area contributed by atoms with Crippen molar-refractivity contribution in [3.8, 4) is 11.5 Å². The van der Waals surface area contributed by atoms with Crippen LogP contribution in [0.1, 0.15) is 77.8 Å². The van der Waals surface area contributed by atoms with Crippen molar-refractivity contribution in [1.82, 2.24) is 0 Å². The summed E-state index contributed by atoms with van der Waals surface area (Å²) in [5.74, 6) is 1.31. The maximum atomic E-state index is 11.1. The average molecular weight is 427 g/mol. The molecule has 0 amide bonds. The van der Waals surface area contributed by atoms with E-state index in [1.54, 1.807) is 13.2 Å². The molecule has 3 rings (SSSR count). The highest BCUT2D eigenvalue weighted by atomic mass is 16.7. The van der Waals surface area contributed by atoms with Gasteiger partial charge in [-0.15, -0.1) is 0 Å². The largest absolute Gasteiger partial charge is 0.496 e. The van der Waals surface area contributed by atoms with Crippen LogP contribution in [-0.4, -0.2) is 32.6 Å². The van der Waals surface area contributed by atoms with E-state index in [0.29, 0.717) is 11.3 Å². The molecule has 0 aromatic heterocycles. The summed E-state index contributed by atoms with van der Waals surface area (Å²) >= 11 is 0. The summed E-state index contributed by atoms with van der Waals surface area (Å²) in [6.45, 7) is 4.98. The lowest BCUT2D eigenvalue weighted by molar-refractivity contribution is -0.106. The molecule has 2 aromatic rings. The van der Waals surface area contributed by atoms with Gasteiger partial charge >= 0.3 is 0 Å². The molecule has 1 aliphatic rings. The molecule has 2 aromatic carbocycles. The Hall–Kier alpha value is -2.66. The van der Waals surface area contributed by atoms with Gasteiger partial charge < -0.3 is 14.2 Å². The normalized spacial score (nSPS) is 15.4. The molecule has 1 fully saturated rings. The van der Waals surface area contributed by atoms with Crippen LogP contribution in [0.2, 0.25) is 0 Å². The Morgan fingerprint density at radius 1 is 1.00 bits per heavy atom. The van der Waals surface area contributed by atoms with Crippen LogP contribution in [0.3, 0.4) is 0 Å². The minimum Gasteiger partial charge on any atom is -0.496 e. The Kier molecular flexibility index (Phi) is 10.8. The van der Waals surface area contributed by atoms with E-state index in [-0.39, 0.29) is 6.29 Å². The number of hydrogen-bond acceptors (Lipinski definition) is 5. The van der Waals surface area contributed by atoms with Crippen molar-refractivity contribution in [1.29, 1.82) is 0 Å². The van der Waals surface area contributed by atoms with E-state index >= 15 is 0 Å². The summed E-state index contributed by atoms with van der Waals surface area (Å²) in [7, 11) is 1.56. The van der Waals surface area contributed by atoms with Crippen LogP contribution < -0.4 is 9.47 Å². The highest BCUT2D eigenvalue weighted by molar-refractivity contribution is 5.80. The van der Waals surface area contributed by atoms with Gasteiger partial charge in [0.15, 0.2) is 12.6 Å². The number of methoxy groups -OCH3 is 1. The molecule has 1 atom stereocenters. The molecule has 0 saturated carbocycles. The second kappa shape index (κ2) is 13.6. The molecule has 0 aliphatic carbocycles. The van der Waals surface area contributed by atoms with Gasteiger partial charge in [-0.1, -0.05) is 44.9 Å². The van der Waals surface area contributed by atoms with Gasteiger partial charge in [-0.25, -0.2) is 0 Å². The van der Waals surface area contributed by atoms with Crippen LogP contribution in [0.4, 0.5) is 0 Å². The number of aryl methyl sites for hydroxylation is 2. The van der Waals surface area contributed by atoms with Gasteiger partial charge in [0.2, 0.25) is 0 Å². The van der Waals surface area contributed by atoms with Crippen LogP contribution in [0.5, 0.6) is 11.5 Å². The van der Waals surface area contributed by atoms with Gasteiger partial charge in [0.25, 0.3) is 0 Å². The van der Waals surface area contributed by atoms with Crippen LogP contribution in [0, 0.1) is 0 Å². The second-order valence-corrected chi connectivity index (χ2v) is 7.60. The Balaban J connectivity index is 0.000000262. The number of hydrogen-bond donors (Lipinski definition) is 0. The number of benzene rings is 2. The quantitative estimate of drug-likeness (QED) is 0.473. The number of aldehydes is 2. The van der Waals surface area contributed by atoms with Crippen molar-refractivity contribution in [3.05, 3.63) is 58.7 Å². The lowest BCUT2D eigenvalue weighted by Crippen LogP contribution is -2.25. The van der Waals surface area contributed by atoms with E-state index in [9.17, 15) is 9.59 Å². The number of rotatable bonds is 9. The smallest absolute Gasteiger partial charge is 0.199 e. The van der Waals surface area contributed by atoms with Gasteiger partial charge in [0.1, 0.15) is 17.8 Å². The zero-order chi connectivity index (χ0) is 22.5. The first-order chi connectivity index (χ1) is 15.1. The minimum absolute atomic E-state index is 0.189. The lowest BCUT2D eigenvalue weighted by atomic mass is 10.0. The molecule has 1 aliphatic heterocycles. The van der Waals surface area contributed by atoms with E-state index in [1.807, 2.05) is 24.3 Å². The summed E-state index contributed by atoms with van der Waals surface area (Å²) in [5, 5.41) is 0. The third-order valence-electron chi connectivity index (χ3n) is 5.08. The predicted octanol–water partition coefficient (Wildman–Crippen LogP) is 5.82. The molecule has 0 spiro atoms. The van der Waals surface area contributed by atoms with Crippen LogP contribution >= 0.6 is 0 Å². The Labute approximate surface area is 185 Å². The van der Waals surface area contributed by atoms with E-state index in [0.717, 1.165) is 81.0 Å². The predicted molar refractivity (Wildman–Crippen MR) is 122 cm³/mol. The van der Waals surface area contributed by atoms with Crippen LogP contribution in [0.15, 0.2) is 36.4 Å². The van der Waals surface area contributed by atoms with Crippen molar-refractivity contribution in [2.45, 2.75) is 65.1 Å². The van der Waals surface area contributed by atoms with Gasteiger partial charge in [0, 0.05) is 18.1 Å². The van der Waals surface area contributed by atoms with E-state index < -0.39 is 0 Å². The monoisotopic (exact) mass is 426 g/mol. The molecule has 5 heteroatoms. The molecule has 1 heterocycles. The van der Waals surface area contributed by atoms with E-state index in [4.69, 9.17) is 14.2 Å². The maximum absolute atomic E-state index is 11.1. The Morgan fingerprint density at radius 3 is 2.42 bits per heavy atom. The second-order valence-electron chi connectivity index (χ2n) is 7.60. The summed E-state index contributed by atoms with van der Waals surface area (Å²) in [6, 6.07) is 11.4. The fraction of sp³-hybridized carbons (Fsp3) is 0.462. The third kappa shape index (κ3) is 7.83. The summed E-state index contributed by atoms with van der Waals surface area (Å²) < 4.78 is 16.8. The average Bonchev–Trinajstić information content (AvgIpc) is 2.81. The molecule has 0 bridgehead atoms. The van der Waals surface area contributed by atoms with Gasteiger partial charge in [-0.2, -0.15) is 0 Å². The molecular formula is C26H34O5. The fourth-order valence-corrected chi connectivity index (χ4v) is 3.52. The fourth-order valence-electron chi connectivity index (χ4n) is 3.52. The zero-order valence-electron chi connectivity index (χ0n) is 18.9. The molecule has 31 heavy (non-hydrogen) atoms. The first-order valence-corrected chi connectivity index (χ1v) is 11.1. The Morgan fingerprint density at radius 2 is 1.81 bits per heavy atom. The van der Waals surface area contributed by atoms with Crippen LogP contribution in [-0.2, 0) is 17.6 Å². The lowest BCUT2D eigenvalue weighted by Gasteiger charge is -2.25. The van der Waals surface area contributed by atoms with Crippen molar-refractivity contribution < 1.29 is 23.8 Å². The molecule has 0 radical (unpaired) electrons. The SMILES string of the molecule is CCCc1cc(C=O)c(OC)cc1OC1CCCCO1.CCCc1cccc(C=O)c1. The van der Waals surface area contributed by atoms with Gasteiger partial charge in [0.05, 0.1) is 19.3 Å². The first-order valence-electron chi connectivity index (χ1n) is 11.1. The van der Waals surface area contributed by atoms with Crippen molar-refractivity contribution in [2.75, 3.05) is 13.7 Å². The topological polar surface area (TPSA) is 61.8 Å². The molecule has 1 saturated heterocycles. The standard InChI is InChI=1S/C16H22O4.C10H12O/c1-3-6-12-9-13(11-17)14(18-2)10-15(12)20-16-7-4-5-8-19-16;1-2-4-9-5-3-6-10(7-9)8-11/h9-11,16H,3-8H2,1-2H3;3,5-8H,2,4H2,1H3. The third-order valence-corrected chi connectivity index (χ3v) is 5.08. The van der Waals surface area contributed by atoms with E-state index in [2.05, 4.69) is 19.9 Å². The molecule has 5 nitrogen and oxygen atoms in total. The minimum atomic E-state index is -0.189. The van der Waals surface area contributed by atoms with Gasteiger partial charge in [-0.05, 0) is 48.9 Å². The summed E-state index contributed by atoms with van der Waals surface area (Å²) in [5.41, 5.74) is 3.62. The van der Waals surface area contributed by atoms with Crippen molar-refractivity contribution >= 4 is 12.6 Å². The number of carbonyl (C=O) groups is 2. The highest BCUT2D eigenvalue weighted by Crippen LogP contribution is 2.31. The number of ether oxygens (including phenoxy) is 3. The molecular weight excluding hydrogens is 392 g/mol. The van der Waals surface area contributed by atoms with Crippen molar-refractivity contribution in [2.24, 2.45) is 0 Å². The Bertz CT molecular complexity index is 825. The van der Waals surface area contributed by atoms with Crippen molar-refractivity contribution in [3.63, 3.8) is 0 Å². The van der Waals surface area contributed by atoms with E-state index in [1.165, 1.54) is 5.56 Å². The number of carbonyl (C=O) groups excluding carboxylic acids is 2. The van der Waals surface area contributed by atoms with Gasteiger partial charge in [-0.3, -0.25) is 9.59 Å². The molecule has 168 valence electrons. The highest BCUT2D eigenvalue weighted by Gasteiger charge is 2.18. The van der Waals surface area contributed by atoms with Crippen LogP contribution in [0.25, 0.3) is 0 Å². The summed E-state index contributed by atoms with van der Waals surface area (Å²) in [4.78, 5) is 21.5. The molecule has 0 N–H and O–H groups in total. The molecule has 1 unspecified atom stereocenters. The zero-order valence-corrected chi connectivity index (χ0v) is 18.9. The summed E-state index contributed by atoms with van der Waals surface area (Å²) in [6.07, 6.45) is 8.68. The first kappa shape index (κ1) is 24.6. The maximum Gasteiger partial charge on any atom is 0.199 e.